The highest BCUT2D eigenvalue weighted by Crippen LogP contribution is 2.32. The van der Waals surface area contributed by atoms with E-state index < -0.39 is 0 Å². The fourth-order valence-corrected chi connectivity index (χ4v) is 3.33. The van der Waals surface area contributed by atoms with Gasteiger partial charge < -0.3 is 10.1 Å². The van der Waals surface area contributed by atoms with Crippen LogP contribution in [-0.2, 0) is 9.53 Å². The maximum absolute atomic E-state index is 12.3. The monoisotopic (exact) mass is 253 g/mol. The summed E-state index contributed by atoms with van der Waals surface area (Å²) in [5, 5.41) is 3.34. The molecule has 0 bridgehead atoms. The SMILES string of the molecule is CC1CCCC(OC(=O)C2NCCCC2(C)C)C1. The Morgan fingerprint density at radius 2 is 2.06 bits per heavy atom. The van der Waals surface area contributed by atoms with Gasteiger partial charge in [0.05, 0.1) is 0 Å². The first-order chi connectivity index (χ1) is 8.49. The summed E-state index contributed by atoms with van der Waals surface area (Å²) in [6, 6.07) is -0.122. The molecule has 2 rings (SSSR count). The average Bonchev–Trinajstić information content (AvgIpc) is 2.28. The lowest BCUT2D eigenvalue weighted by Gasteiger charge is -2.38. The number of hydrogen-bond acceptors (Lipinski definition) is 3. The third-order valence-corrected chi connectivity index (χ3v) is 4.53. The number of rotatable bonds is 2. The lowest BCUT2D eigenvalue weighted by atomic mass is 9.77. The van der Waals surface area contributed by atoms with E-state index in [-0.39, 0.29) is 23.5 Å². The molecular weight excluding hydrogens is 226 g/mol. The summed E-state index contributed by atoms with van der Waals surface area (Å²) in [4.78, 5) is 12.3. The minimum absolute atomic E-state index is 0.0234. The normalized spacial score (nSPS) is 36.1. The number of nitrogens with one attached hydrogen (secondary N) is 1. The van der Waals surface area contributed by atoms with Crippen LogP contribution in [0, 0.1) is 11.3 Å². The van der Waals surface area contributed by atoms with Gasteiger partial charge in [0.2, 0.25) is 0 Å². The lowest BCUT2D eigenvalue weighted by molar-refractivity contribution is -0.158. The smallest absolute Gasteiger partial charge is 0.323 e. The van der Waals surface area contributed by atoms with Gasteiger partial charge in [0, 0.05) is 0 Å². The molecule has 1 heterocycles. The molecule has 1 saturated carbocycles. The van der Waals surface area contributed by atoms with Crippen molar-refractivity contribution >= 4 is 5.97 Å². The van der Waals surface area contributed by atoms with Crippen molar-refractivity contribution in [2.45, 2.75) is 71.4 Å². The molecule has 3 nitrogen and oxygen atoms in total. The van der Waals surface area contributed by atoms with Crippen LogP contribution in [0.5, 0.6) is 0 Å². The largest absolute Gasteiger partial charge is 0.461 e. The topological polar surface area (TPSA) is 38.3 Å². The second-order valence-corrected chi connectivity index (χ2v) is 6.81. The first-order valence-electron chi connectivity index (χ1n) is 7.43. The first-order valence-corrected chi connectivity index (χ1v) is 7.43. The zero-order valence-corrected chi connectivity index (χ0v) is 12.0. The molecule has 0 spiro atoms. The molecular formula is C15H27NO2. The molecule has 0 aromatic carbocycles. The van der Waals surface area contributed by atoms with Crippen LogP contribution in [0.25, 0.3) is 0 Å². The summed E-state index contributed by atoms with van der Waals surface area (Å²) in [6.07, 6.45) is 6.96. The van der Waals surface area contributed by atoms with Gasteiger partial charge in [-0.3, -0.25) is 4.79 Å². The first kappa shape index (κ1) is 13.9. The fraction of sp³-hybridized carbons (Fsp3) is 0.933. The summed E-state index contributed by atoms with van der Waals surface area (Å²) < 4.78 is 5.74. The van der Waals surface area contributed by atoms with Crippen molar-refractivity contribution < 1.29 is 9.53 Å². The number of carbonyl (C=O) groups excluding carboxylic acids is 1. The number of carbonyl (C=O) groups is 1. The van der Waals surface area contributed by atoms with E-state index in [1.54, 1.807) is 0 Å². The second kappa shape index (κ2) is 5.60. The molecule has 3 unspecified atom stereocenters. The minimum Gasteiger partial charge on any atom is -0.461 e. The predicted octanol–water partition coefficient (Wildman–Crippen LogP) is 2.89. The van der Waals surface area contributed by atoms with Crippen LogP contribution in [0.3, 0.4) is 0 Å². The number of esters is 1. The van der Waals surface area contributed by atoms with Crippen LogP contribution in [0.2, 0.25) is 0 Å². The Morgan fingerprint density at radius 3 is 2.72 bits per heavy atom. The minimum atomic E-state index is -0.122. The maximum atomic E-state index is 12.3. The van der Waals surface area contributed by atoms with Gasteiger partial charge in [-0.05, 0) is 50.0 Å². The average molecular weight is 253 g/mol. The molecule has 0 aromatic heterocycles. The molecule has 0 radical (unpaired) electrons. The Labute approximate surface area is 111 Å². The summed E-state index contributed by atoms with van der Waals surface area (Å²) in [6.45, 7) is 7.51. The third-order valence-electron chi connectivity index (χ3n) is 4.53. The second-order valence-electron chi connectivity index (χ2n) is 6.81. The van der Waals surface area contributed by atoms with E-state index in [0.717, 1.165) is 32.2 Å². The third kappa shape index (κ3) is 3.25. The van der Waals surface area contributed by atoms with Crippen LogP contribution in [0.1, 0.15) is 59.3 Å². The fourth-order valence-electron chi connectivity index (χ4n) is 3.33. The Morgan fingerprint density at radius 1 is 1.28 bits per heavy atom. The zero-order chi connectivity index (χ0) is 13.2. The van der Waals surface area contributed by atoms with Gasteiger partial charge in [0.1, 0.15) is 12.1 Å². The lowest BCUT2D eigenvalue weighted by Crippen LogP contribution is -2.53. The molecule has 1 aliphatic heterocycles. The molecule has 104 valence electrons. The highest BCUT2D eigenvalue weighted by Gasteiger charge is 2.39. The molecule has 18 heavy (non-hydrogen) atoms. The van der Waals surface area contributed by atoms with Crippen molar-refractivity contribution in [1.29, 1.82) is 0 Å². The Hall–Kier alpha value is -0.570. The Balaban J connectivity index is 1.90. The molecule has 1 N–H and O–H groups in total. The quantitative estimate of drug-likeness (QED) is 0.769. The van der Waals surface area contributed by atoms with E-state index in [1.807, 2.05) is 0 Å². The number of hydrogen-bond donors (Lipinski definition) is 1. The summed E-state index contributed by atoms with van der Waals surface area (Å²) >= 11 is 0. The number of ether oxygens (including phenoxy) is 1. The van der Waals surface area contributed by atoms with Crippen LogP contribution < -0.4 is 5.32 Å². The molecule has 2 aliphatic rings. The molecule has 3 atom stereocenters. The van der Waals surface area contributed by atoms with Gasteiger partial charge in [-0.15, -0.1) is 0 Å². The van der Waals surface area contributed by atoms with Gasteiger partial charge in [0.25, 0.3) is 0 Å². The van der Waals surface area contributed by atoms with Gasteiger partial charge >= 0.3 is 5.97 Å². The van der Waals surface area contributed by atoms with Crippen molar-refractivity contribution in [2.75, 3.05) is 6.54 Å². The molecule has 0 amide bonds. The van der Waals surface area contributed by atoms with Crippen molar-refractivity contribution in [3.8, 4) is 0 Å². The van der Waals surface area contributed by atoms with E-state index in [2.05, 4.69) is 26.1 Å². The molecule has 2 fully saturated rings. The standard InChI is InChI=1S/C15H27NO2/c1-11-6-4-7-12(10-11)18-14(17)13-15(2,3)8-5-9-16-13/h11-13,16H,4-10H2,1-3H3. The van der Waals surface area contributed by atoms with E-state index in [9.17, 15) is 4.79 Å². The number of piperidine rings is 1. The predicted molar refractivity (Wildman–Crippen MR) is 72.3 cm³/mol. The molecule has 1 aliphatic carbocycles. The van der Waals surface area contributed by atoms with E-state index in [1.165, 1.54) is 12.8 Å². The van der Waals surface area contributed by atoms with Gasteiger partial charge in [-0.25, -0.2) is 0 Å². The van der Waals surface area contributed by atoms with E-state index >= 15 is 0 Å². The highest BCUT2D eigenvalue weighted by molar-refractivity contribution is 5.77. The highest BCUT2D eigenvalue weighted by atomic mass is 16.5. The van der Waals surface area contributed by atoms with E-state index in [0.29, 0.717) is 5.92 Å². The van der Waals surface area contributed by atoms with E-state index in [4.69, 9.17) is 4.74 Å². The van der Waals surface area contributed by atoms with Crippen LogP contribution in [0.15, 0.2) is 0 Å². The van der Waals surface area contributed by atoms with Gasteiger partial charge in [0.15, 0.2) is 0 Å². The van der Waals surface area contributed by atoms with Crippen molar-refractivity contribution in [1.82, 2.24) is 5.32 Å². The summed E-state index contributed by atoms with van der Waals surface area (Å²) in [5.41, 5.74) is 0.0234. The Bertz CT molecular complexity index is 301. The van der Waals surface area contributed by atoms with Crippen molar-refractivity contribution in [3.05, 3.63) is 0 Å². The van der Waals surface area contributed by atoms with Gasteiger partial charge in [-0.1, -0.05) is 27.2 Å². The zero-order valence-electron chi connectivity index (χ0n) is 12.0. The Kier molecular flexibility index (Phi) is 4.31. The van der Waals surface area contributed by atoms with Crippen LogP contribution >= 0.6 is 0 Å². The summed E-state index contributed by atoms with van der Waals surface area (Å²) in [5.74, 6) is 0.669. The van der Waals surface area contributed by atoms with Crippen molar-refractivity contribution in [3.63, 3.8) is 0 Å². The summed E-state index contributed by atoms with van der Waals surface area (Å²) in [7, 11) is 0. The maximum Gasteiger partial charge on any atom is 0.323 e. The molecule has 0 aromatic rings. The van der Waals surface area contributed by atoms with Gasteiger partial charge in [-0.2, -0.15) is 0 Å². The molecule has 1 saturated heterocycles. The molecule has 3 heteroatoms. The van der Waals surface area contributed by atoms with Crippen LogP contribution in [-0.4, -0.2) is 24.7 Å². The van der Waals surface area contributed by atoms with Crippen LogP contribution in [0.4, 0.5) is 0 Å². The van der Waals surface area contributed by atoms with Crippen molar-refractivity contribution in [2.24, 2.45) is 11.3 Å².